The van der Waals surface area contributed by atoms with E-state index in [-0.39, 0.29) is 29.5 Å². The first-order valence-corrected chi connectivity index (χ1v) is 10.1. The van der Waals surface area contributed by atoms with Crippen molar-refractivity contribution < 1.29 is 19.1 Å². The van der Waals surface area contributed by atoms with E-state index in [1.807, 2.05) is 0 Å². The summed E-state index contributed by atoms with van der Waals surface area (Å²) >= 11 is 0. The van der Waals surface area contributed by atoms with E-state index < -0.39 is 5.60 Å². The van der Waals surface area contributed by atoms with Crippen LogP contribution in [0.3, 0.4) is 0 Å². The highest BCUT2D eigenvalue weighted by atomic mass is 16.5. The van der Waals surface area contributed by atoms with Gasteiger partial charge in [0.2, 0.25) is 5.78 Å². The fourth-order valence-corrected chi connectivity index (χ4v) is 6.49. The lowest BCUT2D eigenvalue weighted by Crippen LogP contribution is -2.63. The molecule has 3 fully saturated rings. The summed E-state index contributed by atoms with van der Waals surface area (Å²) < 4.78 is 12.2. The maximum atomic E-state index is 13.3. The molecular weight excluding hydrogens is 328 g/mol. The van der Waals surface area contributed by atoms with Gasteiger partial charge in [-0.25, -0.2) is 0 Å². The van der Waals surface area contributed by atoms with Gasteiger partial charge in [0, 0.05) is 25.0 Å². The van der Waals surface area contributed by atoms with Gasteiger partial charge in [-0.15, -0.1) is 0 Å². The van der Waals surface area contributed by atoms with E-state index in [9.17, 15) is 9.59 Å². The van der Waals surface area contributed by atoms with Crippen molar-refractivity contribution in [3.63, 3.8) is 0 Å². The fourth-order valence-electron chi connectivity index (χ4n) is 6.49. The Bertz CT molecular complexity index is 701. The van der Waals surface area contributed by atoms with E-state index in [1.165, 1.54) is 26.9 Å². The molecule has 0 amide bonds. The number of ketones is 2. The fraction of sp³-hybridized carbons (Fsp3) is 0.818. The molecule has 0 aromatic rings. The van der Waals surface area contributed by atoms with Crippen LogP contribution in [0.2, 0.25) is 0 Å². The van der Waals surface area contributed by atoms with Crippen LogP contribution in [-0.2, 0) is 19.1 Å². The van der Waals surface area contributed by atoms with Crippen molar-refractivity contribution in [3.8, 4) is 0 Å². The Morgan fingerprint density at radius 1 is 1.31 bits per heavy atom. The molecule has 3 saturated carbocycles. The smallest absolute Gasteiger partial charge is 0.202 e. The van der Waals surface area contributed by atoms with E-state index in [4.69, 9.17) is 9.47 Å². The Kier molecular flexibility index (Phi) is 3.81. The maximum Gasteiger partial charge on any atom is 0.202 e. The predicted molar refractivity (Wildman–Crippen MR) is 98.4 cm³/mol. The Labute approximate surface area is 156 Å². The van der Waals surface area contributed by atoms with Crippen LogP contribution in [0, 0.1) is 29.1 Å². The van der Waals surface area contributed by atoms with Gasteiger partial charge in [0.05, 0.1) is 0 Å². The van der Waals surface area contributed by atoms with Gasteiger partial charge in [0.25, 0.3) is 0 Å². The van der Waals surface area contributed by atoms with Crippen molar-refractivity contribution in [2.75, 3.05) is 7.11 Å². The summed E-state index contributed by atoms with van der Waals surface area (Å²) in [6.07, 6.45) is 4.67. The first-order chi connectivity index (χ1) is 12.1. The van der Waals surface area contributed by atoms with E-state index in [0.29, 0.717) is 17.3 Å². The normalized spacial score (nSPS) is 43.3. The van der Waals surface area contributed by atoms with Crippen LogP contribution in [0.4, 0.5) is 0 Å². The van der Waals surface area contributed by atoms with Gasteiger partial charge in [-0.05, 0) is 55.8 Å². The Morgan fingerprint density at radius 2 is 2.00 bits per heavy atom. The molecule has 5 atom stereocenters. The summed E-state index contributed by atoms with van der Waals surface area (Å²) in [5, 5.41) is 0. The van der Waals surface area contributed by atoms with Crippen molar-refractivity contribution in [1.29, 1.82) is 0 Å². The topological polar surface area (TPSA) is 52.6 Å². The lowest BCUT2D eigenvalue weighted by Gasteiger charge is -2.66. The van der Waals surface area contributed by atoms with E-state index in [0.717, 1.165) is 30.1 Å². The van der Waals surface area contributed by atoms with Crippen LogP contribution >= 0.6 is 0 Å². The number of hydrogen-bond acceptors (Lipinski definition) is 4. The predicted octanol–water partition coefficient (Wildman–Crippen LogP) is 4.07. The molecule has 4 aliphatic carbocycles. The molecule has 4 heteroatoms. The molecule has 1 heterocycles. The number of ether oxygens (including phenoxy) is 2. The lowest BCUT2D eigenvalue weighted by molar-refractivity contribution is -0.224. The van der Waals surface area contributed by atoms with Crippen LogP contribution in [0.5, 0.6) is 0 Å². The Hall–Kier alpha value is -1.16. The SMILES string of the molecule is CO[C@@]1(C(C)=O)CC2=C(C1=O)[C@H](C(C)C)C[C@@]1(CC[C@H]3C[C@@H]1C3(C)C)O2. The van der Waals surface area contributed by atoms with Crippen molar-refractivity contribution in [2.45, 2.75) is 77.9 Å². The number of carbonyl (C=O) groups is 2. The minimum absolute atomic E-state index is 0.149. The van der Waals surface area contributed by atoms with Crippen LogP contribution in [0.15, 0.2) is 11.3 Å². The molecule has 0 unspecified atom stereocenters. The minimum Gasteiger partial charge on any atom is -0.491 e. The van der Waals surface area contributed by atoms with Crippen LogP contribution < -0.4 is 0 Å². The average molecular weight is 360 g/mol. The standard InChI is InChI=1S/C22H32O4/c1-12(2)15-10-21(8-7-14-9-17(21)20(14,4)5)26-16-11-22(25-6,13(3)23)19(24)18(15)16/h12,14-15,17H,7-11H2,1-6H3/t14-,15-,17+,21+,22+/m0/s1. The zero-order valence-electron chi connectivity index (χ0n) is 17.0. The second kappa shape index (κ2) is 5.43. The van der Waals surface area contributed by atoms with Crippen LogP contribution in [0.1, 0.15) is 66.7 Å². The number of fused-ring (bicyclic) bond motifs is 1. The lowest BCUT2D eigenvalue weighted by atomic mass is 9.42. The molecule has 1 aliphatic heterocycles. The molecule has 144 valence electrons. The number of carbonyl (C=O) groups excluding carboxylic acids is 2. The highest BCUT2D eigenvalue weighted by Crippen LogP contribution is 2.67. The van der Waals surface area contributed by atoms with Gasteiger partial charge in [0.1, 0.15) is 11.4 Å². The monoisotopic (exact) mass is 360 g/mol. The second-order valence-corrected chi connectivity index (χ2v) is 10.00. The third kappa shape index (κ3) is 2.05. The summed E-state index contributed by atoms with van der Waals surface area (Å²) in [5.41, 5.74) is -0.496. The van der Waals surface area contributed by atoms with E-state index in [1.54, 1.807) is 0 Å². The Balaban J connectivity index is 1.76. The highest BCUT2D eigenvalue weighted by molar-refractivity contribution is 6.19. The number of Topliss-reactive ketones (excluding diaryl/α,β-unsaturated/α-hetero) is 2. The molecular formula is C22H32O4. The molecule has 0 N–H and O–H groups in total. The molecule has 5 aliphatic rings. The molecule has 0 saturated heterocycles. The summed E-state index contributed by atoms with van der Waals surface area (Å²) in [6, 6.07) is 0. The first kappa shape index (κ1) is 18.2. The average Bonchev–Trinajstić information content (AvgIpc) is 2.86. The zero-order valence-corrected chi connectivity index (χ0v) is 17.0. The maximum absolute atomic E-state index is 13.3. The highest BCUT2D eigenvalue weighted by Gasteiger charge is 2.66. The second-order valence-electron chi connectivity index (χ2n) is 10.00. The van der Waals surface area contributed by atoms with Crippen molar-refractivity contribution in [1.82, 2.24) is 0 Å². The largest absolute Gasteiger partial charge is 0.491 e. The van der Waals surface area contributed by atoms with Gasteiger partial charge in [0.15, 0.2) is 11.4 Å². The van der Waals surface area contributed by atoms with Gasteiger partial charge >= 0.3 is 0 Å². The molecule has 0 radical (unpaired) electrons. The number of rotatable bonds is 3. The molecule has 5 rings (SSSR count). The number of methoxy groups -OCH3 is 1. The summed E-state index contributed by atoms with van der Waals surface area (Å²) in [5.74, 6) is 2.20. The van der Waals surface area contributed by atoms with Gasteiger partial charge in [-0.3, -0.25) is 9.59 Å². The molecule has 4 nitrogen and oxygen atoms in total. The van der Waals surface area contributed by atoms with Crippen LogP contribution in [0.25, 0.3) is 0 Å². The molecule has 0 aromatic heterocycles. The van der Waals surface area contributed by atoms with Crippen molar-refractivity contribution in [3.05, 3.63) is 11.3 Å². The zero-order chi connectivity index (χ0) is 19.1. The minimum atomic E-state index is -1.37. The summed E-state index contributed by atoms with van der Waals surface area (Å²) in [6.45, 7) is 10.6. The summed E-state index contributed by atoms with van der Waals surface area (Å²) in [7, 11) is 1.47. The molecule has 1 spiro atoms. The van der Waals surface area contributed by atoms with Crippen molar-refractivity contribution >= 4 is 11.6 Å². The van der Waals surface area contributed by atoms with Crippen molar-refractivity contribution in [2.24, 2.45) is 29.1 Å². The van der Waals surface area contributed by atoms with E-state index >= 15 is 0 Å². The molecule has 2 bridgehead atoms. The first-order valence-electron chi connectivity index (χ1n) is 10.1. The van der Waals surface area contributed by atoms with Crippen LogP contribution in [-0.4, -0.2) is 29.9 Å². The quantitative estimate of drug-likeness (QED) is 0.712. The molecule has 0 aromatic carbocycles. The molecule has 26 heavy (non-hydrogen) atoms. The third-order valence-corrected chi connectivity index (χ3v) is 8.33. The number of hydrogen-bond donors (Lipinski definition) is 0. The Morgan fingerprint density at radius 3 is 2.50 bits per heavy atom. The third-order valence-electron chi connectivity index (χ3n) is 8.33. The summed E-state index contributed by atoms with van der Waals surface area (Å²) in [4.78, 5) is 25.6. The van der Waals surface area contributed by atoms with Gasteiger partial charge < -0.3 is 9.47 Å². The van der Waals surface area contributed by atoms with Gasteiger partial charge in [-0.2, -0.15) is 0 Å². The van der Waals surface area contributed by atoms with E-state index in [2.05, 4.69) is 27.7 Å². The van der Waals surface area contributed by atoms with Gasteiger partial charge in [-0.1, -0.05) is 27.7 Å².